The van der Waals surface area contributed by atoms with Crippen LogP contribution < -0.4 is 5.32 Å². The molecule has 0 aliphatic rings. The molecule has 2 atom stereocenters. The number of ketones is 1. The fourth-order valence-corrected chi connectivity index (χ4v) is 2.82. The van der Waals surface area contributed by atoms with Crippen LogP contribution in [0.3, 0.4) is 0 Å². The smallest absolute Gasteiger partial charge is 0.328 e. The first-order valence-corrected chi connectivity index (χ1v) is 9.19. The fraction of sp³-hybridized carbons (Fsp3) is 0.400. The van der Waals surface area contributed by atoms with Crippen molar-refractivity contribution in [1.82, 2.24) is 10.3 Å². The molecule has 8 nitrogen and oxygen atoms in total. The number of aromatic nitrogens is 1. The second-order valence-corrected chi connectivity index (χ2v) is 6.92. The van der Waals surface area contributed by atoms with Crippen molar-refractivity contribution in [2.24, 2.45) is 0 Å². The molecule has 9 heteroatoms. The van der Waals surface area contributed by atoms with E-state index in [4.69, 9.17) is 10.1 Å². The van der Waals surface area contributed by atoms with E-state index in [-0.39, 0.29) is 19.3 Å². The van der Waals surface area contributed by atoms with Crippen LogP contribution >= 0.6 is 0 Å². The summed E-state index contributed by atoms with van der Waals surface area (Å²) in [6, 6.07) is 3.02. The first kappa shape index (κ1) is 22.2. The molecule has 0 fully saturated rings. The van der Waals surface area contributed by atoms with Gasteiger partial charge in [0, 0.05) is 29.9 Å². The van der Waals surface area contributed by atoms with Gasteiger partial charge >= 0.3 is 5.97 Å². The molecule has 1 aromatic heterocycles. The number of H-pyrrole nitrogens is 1. The lowest BCUT2D eigenvalue weighted by Crippen LogP contribution is -2.47. The lowest BCUT2D eigenvalue weighted by molar-refractivity contribution is -0.152. The van der Waals surface area contributed by atoms with Crippen molar-refractivity contribution >= 4 is 34.8 Å². The fourth-order valence-electron chi connectivity index (χ4n) is 2.82. The SMILES string of the molecule is CC(C)OC(=O)[C@H](CCC(=O)C=N)NC(=O)[C@@H](O)Cc1c[nH]c2cc(F)ccc12. The lowest BCUT2D eigenvalue weighted by Gasteiger charge is -2.20. The Morgan fingerprint density at radius 3 is 2.72 bits per heavy atom. The number of nitrogens with one attached hydrogen (secondary N) is 3. The zero-order valence-corrected chi connectivity index (χ0v) is 16.2. The number of halogens is 1. The Hall–Kier alpha value is -3.07. The number of aliphatic hydroxyl groups is 1. The van der Waals surface area contributed by atoms with Crippen molar-refractivity contribution in [2.75, 3.05) is 0 Å². The Balaban J connectivity index is 2.06. The van der Waals surface area contributed by atoms with E-state index in [9.17, 15) is 23.9 Å². The van der Waals surface area contributed by atoms with Gasteiger partial charge in [-0.2, -0.15) is 0 Å². The van der Waals surface area contributed by atoms with Gasteiger partial charge in [0.1, 0.15) is 18.0 Å². The highest BCUT2D eigenvalue weighted by Gasteiger charge is 2.27. The summed E-state index contributed by atoms with van der Waals surface area (Å²) in [5.41, 5.74) is 1.15. The quantitative estimate of drug-likeness (QED) is 0.352. The van der Waals surface area contributed by atoms with E-state index in [0.717, 1.165) is 0 Å². The first-order chi connectivity index (χ1) is 13.7. The lowest BCUT2D eigenvalue weighted by atomic mass is 10.0. The van der Waals surface area contributed by atoms with E-state index in [1.54, 1.807) is 26.1 Å². The molecule has 2 rings (SSSR count). The maximum Gasteiger partial charge on any atom is 0.328 e. The Kier molecular flexibility index (Phi) is 7.60. The number of carbonyl (C=O) groups excluding carboxylic acids is 3. The number of benzene rings is 1. The molecule has 0 bridgehead atoms. The van der Waals surface area contributed by atoms with Gasteiger partial charge in [0.15, 0.2) is 5.78 Å². The Morgan fingerprint density at radius 2 is 2.07 bits per heavy atom. The highest BCUT2D eigenvalue weighted by atomic mass is 19.1. The molecule has 0 radical (unpaired) electrons. The molecule has 1 aromatic carbocycles. The van der Waals surface area contributed by atoms with Crippen molar-refractivity contribution < 1.29 is 28.6 Å². The van der Waals surface area contributed by atoms with E-state index in [0.29, 0.717) is 22.7 Å². The largest absolute Gasteiger partial charge is 0.461 e. The second kappa shape index (κ2) is 9.92. The van der Waals surface area contributed by atoms with E-state index in [1.165, 1.54) is 12.1 Å². The van der Waals surface area contributed by atoms with Crippen molar-refractivity contribution in [2.45, 2.75) is 51.4 Å². The summed E-state index contributed by atoms with van der Waals surface area (Å²) in [6.07, 6.45) is 0.109. The number of hydrogen-bond acceptors (Lipinski definition) is 6. The molecule has 0 saturated carbocycles. The molecule has 4 N–H and O–H groups in total. The summed E-state index contributed by atoms with van der Waals surface area (Å²) in [5, 5.41) is 20.3. The number of hydrogen-bond donors (Lipinski definition) is 4. The molecular weight excluding hydrogens is 381 g/mol. The van der Waals surface area contributed by atoms with Gasteiger partial charge in [0.25, 0.3) is 0 Å². The van der Waals surface area contributed by atoms with Crippen molar-refractivity contribution in [3.05, 3.63) is 35.8 Å². The highest BCUT2D eigenvalue weighted by molar-refractivity contribution is 6.26. The molecule has 1 amide bonds. The van der Waals surface area contributed by atoms with Crippen LogP contribution in [-0.2, 0) is 25.5 Å². The van der Waals surface area contributed by atoms with Crippen molar-refractivity contribution in [3.8, 4) is 0 Å². The minimum atomic E-state index is -1.47. The standard InChI is InChI=1S/C20H24FN3O5/c1-11(2)29-20(28)16(6-4-14(25)9-22)24-19(27)18(26)7-12-10-23-17-8-13(21)3-5-15(12)17/h3,5,8-11,16,18,22-23,26H,4,6-7H2,1-2H3,(H,24,27)/t16-,18-/m0/s1. The summed E-state index contributed by atoms with van der Waals surface area (Å²) >= 11 is 0. The molecule has 0 saturated heterocycles. The molecule has 0 unspecified atom stereocenters. The average Bonchev–Trinajstić information content (AvgIpc) is 3.05. The molecule has 1 heterocycles. The number of aliphatic hydroxyl groups excluding tert-OH is 1. The summed E-state index contributed by atoms with van der Waals surface area (Å²) in [4.78, 5) is 38.8. The molecule has 156 valence electrons. The number of rotatable bonds is 10. The first-order valence-electron chi connectivity index (χ1n) is 9.19. The summed E-state index contributed by atoms with van der Waals surface area (Å²) in [6.45, 7) is 3.29. The third-order valence-electron chi connectivity index (χ3n) is 4.24. The van der Waals surface area contributed by atoms with Crippen LogP contribution in [-0.4, -0.2) is 52.2 Å². The van der Waals surface area contributed by atoms with Gasteiger partial charge in [-0.05, 0) is 44.0 Å². The monoisotopic (exact) mass is 405 g/mol. The number of amides is 1. The van der Waals surface area contributed by atoms with Crippen LogP contribution in [0.25, 0.3) is 10.9 Å². The van der Waals surface area contributed by atoms with Crippen LogP contribution in [0.15, 0.2) is 24.4 Å². The second-order valence-electron chi connectivity index (χ2n) is 6.92. The van der Waals surface area contributed by atoms with E-state index < -0.39 is 41.7 Å². The average molecular weight is 405 g/mol. The van der Waals surface area contributed by atoms with E-state index >= 15 is 0 Å². The maximum absolute atomic E-state index is 13.3. The van der Waals surface area contributed by atoms with Gasteiger partial charge in [-0.15, -0.1) is 0 Å². The Bertz CT molecular complexity index is 909. The number of fused-ring (bicyclic) bond motifs is 1. The number of carbonyl (C=O) groups is 3. The minimum Gasteiger partial charge on any atom is -0.461 e. The molecule has 0 spiro atoms. The van der Waals surface area contributed by atoms with Gasteiger partial charge in [0.05, 0.1) is 12.3 Å². The number of Topliss-reactive ketones (excluding diaryl/α,β-unsaturated/α-hetero) is 1. The molecule has 0 aliphatic carbocycles. The predicted octanol–water partition coefficient (Wildman–Crippen LogP) is 1.65. The van der Waals surface area contributed by atoms with Gasteiger partial charge in [-0.25, -0.2) is 9.18 Å². The minimum absolute atomic E-state index is 0.0510. The van der Waals surface area contributed by atoms with Crippen LogP contribution in [0.4, 0.5) is 4.39 Å². The molecule has 2 aromatic rings. The van der Waals surface area contributed by atoms with Crippen molar-refractivity contribution in [3.63, 3.8) is 0 Å². The topological polar surface area (TPSA) is 132 Å². The van der Waals surface area contributed by atoms with Gasteiger partial charge in [-0.1, -0.05) is 0 Å². The Labute approximate surface area is 166 Å². The third kappa shape index (κ3) is 6.21. The van der Waals surface area contributed by atoms with Crippen LogP contribution in [0.1, 0.15) is 32.3 Å². The predicted molar refractivity (Wildman–Crippen MR) is 104 cm³/mol. The summed E-state index contributed by atoms with van der Waals surface area (Å²) in [5.74, 6) is -2.42. The summed E-state index contributed by atoms with van der Waals surface area (Å²) < 4.78 is 18.4. The van der Waals surface area contributed by atoms with Gasteiger partial charge in [-0.3, -0.25) is 9.59 Å². The van der Waals surface area contributed by atoms with Crippen LogP contribution in [0.2, 0.25) is 0 Å². The van der Waals surface area contributed by atoms with Crippen LogP contribution in [0, 0.1) is 11.2 Å². The Morgan fingerprint density at radius 1 is 1.34 bits per heavy atom. The maximum atomic E-state index is 13.3. The van der Waals surface area contributed by atoms with Crippen molar-refractivity contribution in [1.29, 1.82) is 5.41 Å². The zero-order valence-electron chi connectivity index (χ0n) is 16.2. The zero-order chi connectivity index (χ0) is 21.6. The molecule has 29 heavy (non-hydrogen) atoms. The highest BCUT2D eigenvalue weighted by Crippen LogP contribution is 2.20. The van der Waals surface area contributed by atoms with Gasteiger partial charge < -0.3 is 25.6 Å². The molecular formula is C20H24FN3O5. The number of ether oxygens (including phenoxy) is 1. The van der Waals surface area contributed by atoms with E-state index in [2.05, 4.69) is 10.3 Å². The summed E-state index contributed by atoms with van der Waals surface area (Å²) in [7, 11) is 0. The van der Waals surface area contributed by atoms with Gasteiger partial charge in [0.2, 0.25) is 5.91 Å². The normalized spacial score (nSPS) is 13.1. The number of esters is 1. The number of aromatic amines is 1. The third-order valence-corrected chi connectivity index (χ3v) is 4.24. The molecule has 0 aliphatic heterocycles. The van der Waals surface area contributed by atoms with E-state index in [1.807, 2.05) is 0 Å². The van der Waals surface area contributed by atoms with Crippen LogP contribution in [0.5, 0.6) is 0 Å².